The highest BCUT2D eigenvalue weighted by atomic mass is 32.3. The fourth-order valence-corrected chi connectivity index (χ4v) is 7.25. The predicted molar refractivity (Wildman–Crippen MR) is 206 cm³/mol. The third kappa shape index (κ3) is 13.7. The maximum atomic E-state index is 12.1. The van der Waals surface area contributed by atoms with Crippen LogP contribution in [0.15, 0.2) is 84.9 Å². The Morgan fingerprint density at radius 3 is 1.77 bits per heavy atom. The number of hydrogen-bond acceptors (Lipinski definition) is 7. The van der Waals surface area contributed by atoms with Gasteiger partial charge in [-0.15, -0.1) is 0 Å². The first kappa shape index (κ1) is 43.3. The maximum absolute atomic E-state index is 12.1. The predicted octanol–water partition coefficient (Wildman–Crippen LogP) is 8.46. The zero-order chi connectivity index (χ0) is 38.0. The fourth-order valence-electron chi connectivity index (χ4n) is 6.92. The minimum atomic E-state index is -4.23. The topological polar surface area (TPSA) is 145 Å². The first-order chi connectivity index (χ1) is 24.8. The lowest BCUT2D eigenvalue weighted by Crippen LogP contribution is -2.44. The third-order valence-electron chi connectivity index (χ3n) is 10.3. The van der Waals surface area contributed by atoms with Crippen LogP contribution in [0.2, 0.25) is 0 Å². The van der Waals surface area contributed by atoms with E-state index in [2.05, 4.69) is 16.0 Å². The van der Waals surface area contributed by atoms with Crippen molar-refractivity contribution in [1.82, 2.24) is 4.90 Å². The highest BCUT2D eigenvalue weighted by molar-refractivity contribution is 7.80. The number of carbonyl (C=O) groups is 1. The Labute approximate surface area is 312 Å². The van der Waals surface area contributed by atoms with Crippen LogP contribution in [0.4, 0.5) is 0 Å². The lowest BCUT2D eigenvalue weighted by molar-refractivity contribution is -0.142. The Balaban J connectivity index is 0.000000411. The van der Waals surface area contributed by atoms with E-state index in [-0.39, 0.29) is 12.5 Å². The molecule has 4 rings (SSSR count). The number of aliphatic hydroxyl groups is 2. The molecule has 1 heterocycles. The average molecular weight is 740 g/mol. The second-order valence-corrected chi connectivity index (χ2v) is 15.6. The number of hydrogen-bond donors (Lipinski definition) is 4. The first-order valence-corrected chi connectivity index (χ1v) is 20.3. The Morgan fingerprint density at radius 1 is 0.788 bits per heavy atom. The number of unbranched alkanes of at least 4 members (excludes halogenated alkanes) is 7. The Hall–Kier alpha value is -3.12. The number of carboxylic acids is 1. The van der Waals surface area contributed by atoms with Crippen LogP contribution in [0.3, 0.4) is 0 Å². The molecule has 9 nitrogen and oxygen atoms in total. The molecule has 288 valence electrons. The summed E-state index contributed by atoms with van der Waals surface area (Å²) >= 11 is 0. The van der Waals surface area contributed by atoms with Crippen LogP contribution in [0, 0.1) is 5.92 Å². The largest absolute Gasteiger partial charge is 0.481 e. The molecular weight excluding hydrogens is 679 g/mol. The summed E-state index contributed by atoms with van der Waals surface area (Å²) in [7, 11) is -4.23. The normalized spacial score (nSPS) is 15.1. The highest BCUT2D eigenvalue weighted by Gasteiger charge is 2.41. The van der Waals surface area contributed by atoms with Crippen LogP contribution in [0.25, 0.3) is 0 Å². The lowest BCUT2D eigenvalue weighted by atomic mass is 9.72. The number of aliphatic carboxylic acids is 1. The van der Waals surface area contributed by atoms with Crippen LogP contribution in [0.1, 0.15) is 126 Å². The van der Waals surface area contributed by atoms with E-state index in [0.29, 0.717) is 12.8 Å². The van der Waals surface area contributed by atoms with Crippen LogP contribution in [-0.4, -0.2) is 65.4 Å². The van der Waals surface area contributed by atoms with Crippen LogP contribution < -0.4 is 0 Å². The van der Waals surface area contributed by atoms with E-state index < -0.39 is 33.5 Å². The lowest BCUT2D eigenvalue weighted by Gasteiger charge is -2.42. The molecule has 3 aromatic carbocycles. The van der Waals surface area contributed by atoms with Gasteiger partial charge in [-0.3, -0.25) is 9.35 Å². The molecule has 0 amide bonds. The van der Waals surface area contributed by atoms with E-state index >= 15 is 0 Å². The van der Waals surface area contributed by atoms with Gasteiger partial charge in [0.15, 0.2) is 0 Å². The first-order valence-electron chi connectivity index (χ1n) is 19.0. The smallest absolute Gasteiger partial charge is 0.397 e. The van der Waals surface area contributed by atoms with Crippen molar-refractivity contribution in [2.45, 2.75) is 115 Å². The number of piperidine rings is 1. The second kappa shape index (κ2) is 21.5. The van der Waals surface area contributed by atoms with E-state index in [0.717, 1.165) is 74.0 Å². The summed E-state index contributed by atoms with van der Waals surface area (Å²) in [6.07, 6.45) is 11.8. The van der Waals surface area contributed by atoms with Crippen molar-refractivity contribution in [3.05, 3.63) is 107 Å². The summed E-state index contributed by atoms with van der Waals surface area (Å²) in [5, 5.41) is 32.2. The Bertz CT molecular complexity index is 1500. The zero-order valence-corrected chi connectivity index (χ0v) is 32.1. The number of benzene rings is 3. The van der Waals surface area contributed by atoms with Gasteiger partial charge >= 0.3 is 16.4 Å². The number of rotatable bonds is 20. The van der Waals surface area contributed by atoms with Gasteiger partial charge in [0.1, 0.15) is 5.60 Å². The Morgan fingerprint density at radius 2 is 1.29 bits per heavy atom. The van der Waals surface area contributed by atoms with Crippen molar-refractivity contribution in [1.29, 1.82) is 0 Å². The van der Waals surface area contributed by atoms with Gasteiger partial charge in [0.05, 0.1) is 18.1 Å². The summed E-state index contributed by atoms with van der Waals surface area (Å²) in [5.74, 6) is -0.733. The minimum Gasteiger partial charge on any atom is -0.481 e. The van der Waals surface area contributed by atoms with Gasteiger partial charge in [0.25, 0.3) is 0 Å². The van der Waals surface area contributed by atoms with Crippen molar-refractivity contribution in [3.63, 3.8) is 0 Å². The van der Waals surface area contributed by atoms with Gasteiger partial charge in [-0.1, -0.05) is 137 Å². The molecule has 52 heavy (non-hydrogen) atoms. The monoisotopic (exact) mass is 739 g/mol. The second-order valence-electron chi connectivity index (χ2n) is 14.5. The van der Waals surface area contributed by atoms with Crippen molar-refractivity contribution in [3.8, 4) is 0 Å². The van der Waals surface area contributed by atoms with E-state index in [1.807, 2.05) is 72.8 Å². The van der Waals surface area contributed by atoms with E-state index in [4.69, 9.17) is 4.55 Å². The molecule has 0 bridgehead atoms. The molecule has 1 atom stereocenters. The van der Waals surface area contributed by atoms with E-state index in [1.165, 1.54) is 32.1 Å². The molecule has 0 spiro atoms. The average Bonchev–Trinajstić information content (AvgIpc) is 3.14. The van der Waals surface area contributed by atoms with Crippen molar-refractivity contribution in [2.75, 3.05) is 26.2 Å². The van der Waals surface area contributed by atoms with Gasteiger partial charge in [0.2, 0.25) is 0 Å². The zero-order valence-electron chi connectivity index (χ0n) is 31.3. The van der Waals surface area contributed by atoms with E-state index in [9.17, 15) is 28.5 Å². The van der Waals surface area contributed by atoms with Gasteiger partial charge in [-0.2, -0.15) is 8.42 Å². The fraction of sp³-hybridized carbons (Fsp3) is 0.548. The Kier molecular flexibility index (Phi) is 17.9. The molecular formula is C42H61NO8S. The molecule has 1 fully saturated rings. The van der Waals surface area contributed by atoms with Crippen molar-refractivity contribution < 1.29 is 37.3 Å². The standard InChI is InChI=1S/C32H39NO4.C10H22O4S/c1-31(2,30(35)36)25-17-15-24(16-18-25)29(34)14-9-21-33-22-19-28(20-23-33)32(37,26-10-5-3-6-11-26)27-12-7-4-8-13-27;1-2-3-4-5-6-7-8-9-10-14-15(11,12)13/h3-8,10-13,15-18,28-29,34,37H,9,14,19-23H2,1-2H3,(H,35,36);2-10H2,1H3,(H,11,12,13). The SMILES string of the molecule is CC(C)(C(=O)O)c1ccc(C(O)CCCN2CCC(C(O)(c3ccccc3)c3ccccc3)CC2)cc1.CCCCCCCCCCOS(=O)(=O)O. The number of nitrogens with zero attached hydrogens (tertiary/aromatic N) is 1. The molecule has 1 unspecified atom stereocenters. The molecule has 1 saturated heterocycles. The van der Waals surface area contributed by atoms with Gasteiger partial charge < -0.3 is 20.2 Å². The number of aliphatic hydroxyl groups excluding tert-OH is 1. The third-order valence-corrected chi connectivity index (χ3v) is 10.8. The van der Waals surface area contributed by atoms with Crippen LogP contribution in [0.5, 0.6) is 0 Å². The quantitative estimate of drug-likeness (QED) is 0.0663. The highest BCUT2D eigenvalue weighted by Crippen LogP contribution is 2.42. The van der Waals surface area contributed by atoms with Crippen molar-refractivity contribution >= 4 is 16.4 Å². The summed E-state index contributed by atoms with van der Waals surface area (Å²) in [5.41, 5.74) is 1.47. The molecule has 0 aliphatic carbocycles. The molecule has 10 heteroatoms. The molecule has 4 N–H and O–H groups in total. The van der Waals surface area contributed by atoms with Crippen LogP contribution in [-0.2, 0) is 30.4 Å². The molecule has 0 aromatic heterocycles. The van der Waals surface area contributed by atoms with Gasteiger partial charge in [-0.05, 0) is 93.8 Å². The summed E-state index contributed by atoms with van der Waals surface area (Å²) in [6.45, 7) is 8.39. The summed E-state index contributed by atoms with van der Waals surface area (Å²) in [4.78, 5) is 13.9. The molecule has 0 saturated carbocycles. The molecule has 1 aliphatic heterocycles. The van der Waals surface area contributed by atoms with Crippen molar-refractivity contribution in [2.24, 2.45) is 5.92 Å². The molecule has 3 aromatic rings. The molecule has 1 aliphatic rings. The number of likely N-dealkylation sites (tertiary alicyclic amines) is 1. The summed E-state index contributed by atoms with van der Waals surface area (Å²) in [6, 6.07) is 27.3. The van der Waals surface area contributed by atoms with Crippen LogP contribution >= 0.6 is 0 Å². The van der Waals surface area contributed by atoms with Gasteiger partial charge in [-0.25, -0.2) is 4.18 Å². The molecule has 0 radical (unpaired) electrons. The van der Waals surface area contributed by atoms with E-state index in [1.54, 1.807) is 26.0 Å². The maximum Gasteiger partial charge on any atom is 0.397 e. The van der Waals surface area contributed by atoms with Gasteiger partial charge in [0, 0.05) is 0 Å². The number of carboxylic acid groups (broad SMARTS) is 1. The minimum absolute atomic E-state index is 0.0911. The summed E-state index contributed by atoms with van der Waals surface area (Å²) < 4.78 is 32.8.